The van der Waals surface area contributed by atoms with Gasteiger partial charge in [0.1, 0.15) is 0 Å². The zero-order valence-corrected chi connectivity index (χ0v) is 27.7. The first-order valence-electron chi connectivity index (χ1n) is 12.7. The molecule has 0 unspecified atom stereocenters. The van der Waals surface area contributed by atoms with Crippen LogP contribution in [0.5, 0.6) is 0 Å². The van der Waals surface area contributed by atoms with Crippen LogP contribution in [0.1, 0.15) is 80.1 Å². The van der Waals surface area contributed by atoms with Gasteiger partial charge in [-0.25, -0.2) is 0 Å². The van der Waals surface area contributed by atoms with E-state index in [0.29, 0.717) is 0 Å². The van der Waals surface area contributed by atoms with E-state index in [1.54, 1.807) is 0 Å². The van der Waals surface area contributed by atoms with Gasteiger partial charge in [0.2, 0.25) is 0 Å². The van der Waals surface area contributed by atoms with Crippen molar-refractivity contribution in [2.45, 2.75) is 103 Å². The van der Waals surface area contributed by atoms with Crippen LogP contribution < -0.4 is 0 Å². The Bertz CT molecular complexity index is 333. The highest BCUT2D eigenvalue weighted by Crippen LogP contribution is 2.46. The Labute approximate surface area is 219 Å². The fourth-order valence-corrected chi connectivity index (χ4v) is 14.8. The zero-order valence-electron chi connectivity index (χ0n) is 21.6. The van der Waals surface area contributed by atoms with Gasteiger partial charge >= 0.3 is 0 Å². The lowest BCUT2D eigenvalue weighted by Crippen LogP contribution is -2.45. The van der Waals surface area contributed by atoms with Crippen LogP contribution >= 0.6 is 41.2 Å². The van der Waals surface area contributed by atoms with Gasteiger partial charge < -0.3 is 18.9 Å². The second-order valence-corrected chi connectivity index (χ2v) is 18.7. The van der Waals surface area contributed by atoms with Crippen molar-refractivity contribution >= 4 is 60.3 Å². The summed E-state index contributed by atoms with van der Waals surface area (Å²) in [7, 11) is 6.60. The molecule has 0 aliphatic rings. The Balaban J connectivity index is 4.72. The number of hydrogen-bond acceptors (Lipinski definition) is 8. The van der Waals surface area contributed by atoms with E-state index >= 15 is 0 Å². The smallest absolute Gasteiger partial charge is 0.154 e. The SMILES string of the molecule is CCCOC(CSSSSCC(OCCC)(OCCC)[SiH2]CCC)(OCCC)[SiH2]CCC. The number of ether oxygens (including phenoxy) is 4. The highest BCUT2D eigenvalue weighted by molar-refractivity contribution is 9.26. The minimum Gasteiger partial charge on any atom is -0.354 e. The van der Waals surface area contributed by atoms with E-state index < -0.39 is 19.0 Å². The van der Waals surface area contributed by atoms with Gasteiger partial charge in [-0.2, -0.15) is 0 Å². The standard InChI is InChI=1S/C22H50O4S4Si2/c1-7-13-23-21(24-14-8-2,31-17-11-5)19-27-29-30-28-20-22(25-15-9-3,26-16-10-4)32-18-12-6/h7-20,31-32H2,1-6H3. The van der Waals surface area contributed by atoms with E-state index in [9.17, 15) is 0 Å². The third kappa shape index (κ3) is 16.4. The van der Waals surface area contributed by atoms with Gasteiger partial charge in [-0.3, -0.25) is 0 Å². The first-order valence-corrected chi connectivity index (χ1v) is 21.3. The van der Waals surface area contributed by atoms with Gasteiger partial charge in [0.25, 0.3) is 0 Å². The Hall–Kier alpha value is 1.67. The molecule has 0 saturated heterocycles. The van der Waals surface area contributed by atoms with Crippen molar-refractivity contribution in [3.8, 4) is 0 Å². The third-order valence-electron chi connectivity index (χ3n) is 4.78. The lowest BCUT2D eigenvalue weighted by atomic mass is 10.5. The molecule has 0 aliphatic heterocycles. The summed E-state index contributed by atoms with van der Waals surface area (Å²) in [6.07, 6.45) is 6.61. The summed E-state index contributed by atoms with van der Waals surface area (Å²) in [6.45, 7) is 16.4. The molecule has 0 amide bonds. The van der Waals surface area contributed by atoms with Gasteiger partial charge in [0.05, 0.1) is 30.5 Å². The van der Waals surface area contributed by atoms with Gasteiger partial charge in [-0.05, 0) is 45.3 Å². The molecule has 0 heterocycles. The molecule has 32 heavy (non-hydrogen) atoms. The normalized spacial score (nSPS) is 13.3. The molecular formula is C22H50O4S4Si2. The molecule has 0 aliphatic carbocycles. The van der Waals surface area contributed by atoms with Crippen LogP contribution in [0.15, 0.2) is 0 Å². The molecule has 0 spiro atoms. The van der Waals surface area contributed by atoms with Crippen molar-refractivity contribution in [1.29, 1.82) is 0 Å². The minimum absolute atomic E-state index is 0.308. The van der Waals surface area contributed by atoms with Crippen LogP contribution in [0.4, 0.5) is 0 Å². The van der Waals surface area contributed by atoms with E-state index in [1.165, 1.54) is 24.9 Å². The van der Waals surface area contributed by atoms with Crippen molar-refractivity contribution in [2.24, 2.45) is 0 Å². The van der Waals surface area contributed by atoms with Crippen molar-refractivity contribution in [1.82, 2.24) is 0 Å². The van der Waals surface area contributed by atoms with E-state index in [4.69, 9.17) is 18.9 Å². The number of hydrogen-bond donors (Lipinski definition) is 0. The Kier molecular flexibility index (Phi) is 24.3. The quantitative estimate of drug-likeness (QED) is 0.0528. The molecule has 0 aromatic heterocycles. The van der Waals surface area contributed by atoms with Gasteiger partial charge in [-0.15, -0.1) is 0 Å². The molecule has 0 saturated carbocycles. The molecule has 4 nitrogen and oxygen atoms in total. The molecule has 194 valence electrons. The summed E-state index contributed by atoms with van der Waals surface area (Å²) in [5, 5.41) is 0. The van der Waals surface area contributed by atoms with Crippen LogP contribution in [0, 0.1) is 0 Å². The molecular weight excluding hydrogens is 513 g/mol. The van der Waals surface area contributed by atoms with Gasteiger partial charge in [0, 0.05) is 26.4 Å². The van der Waals surface area contributed by atoms with Crippen molar-refractivity contribution in [3.05, 3.63) is 0 Å². The Morgan fingerprint density at radius 1 is 0.500 bits per heavy atom. The Morgan fingerprint density at radius 3 is 1.06 bits per heavy atom. The zero-order chi connectivity index (χ0) is 24.0. The van der Waals surface area contributed by atoms with Crippen LogP contribution in [0.25, 0.3) is 0 Å². The summed E-state index contributed by atoms with van der Waals surface area (Å²) in [5.41, 5.74) is -0.617. The van der Waals surface area contributed by atoms with Crippen molar-refractivity contribution in [3.63, 3.8) is 0 Å². The lowest BCUT2D eigenvalue weighted by Gasteiger charge is -2.34. The predicted octanol–water partition coefficient (Wildman–Crippen LogP) is 6.67. The first kappa shape index (κ1) is 33.7. The van der Waals surface area contributed by atoms with Gasteiger partial charge in [0.15, 0.2) is 10.8 Å². The van der Waals surface area contributed by atoms with Crippen LogP contribution in [0.3, 0.4) is 0 Å². The van der Waals surface area contributed by atoms with Crippen molar-refractivity contribution < 1.29 is 18.9 Å². The molecule has 10 heteroatoms. The highest BCUT2D eigenvalue weighted by atomic mass is 33.7. The van der Waals surface area contributed by atoms with E-state index in [-0.39, 0.29) is 10.8 Å². The van der Waals surface area contributed by atoms with Gasteiger partial charge in [-0.1, -0.05) is 88.1 Å². The minimum atomic E-state index is -0.442. The topological polar surface area (TPSA) is 36.9 Å². The first-order chi connectivity index (χ1) is 15.6. The second-order valence-electron chi connectivity index (χ2n) is 8.08. The van der Waals surface area contributed by atoms with E-state index in [2.05, 4.69) is 41.5 Å². The predicted molar refractivity (Wildman–Crippen MR) is 158 cm³/mol. The Morgan fingerprint density at radius 2 is 0.812 bits per heavy atom. The maximum Gasteiger partial charge on any atom is 0.154 e. The molecule has 0 atom stereocenters. The summed E-state index contributed by atoms with van der Waals surface area (Å²) in [6, 6.07) is 2.54. The van der Waals surface area contributed by atoms with Crippen LogP contribution in [0.2, 0.25) is 12.1 Å². The van der Waals surface area contributed by atoms with E-state index in [0.717, 1.165) is 63.6 Å². The van der Waals surface area contributed by atoms with Crippen LogP contribution in [-0.4, -0.2) is 67.8 Å². The fourth-order valence-electron chi connectivity index (χ4n) is 2.99. The molecule has 0 radical (unpaired) electrons. The van der Waals surface area contributed by atoms with E-state index in [1.807, 2.05) is 41.2 Å². The third-order valence-corrected chi connectivity index (χ3v) is 17.0. The summed E-state index contributed by atoms with van der Waals surface area (Å²) < 4.78 is 25.3. The summed E-state index contributed by atoms with van der Waals surface area (Å²) >= 11 is 0. The molecule has 0 aromatic carbocycles. The average Bonchev–Trinajstić information content (AvgIpc) is 2.82. The highest BCUT2D eigenvalue weighted by Gasteiger charge is 2.33. The lowest BCUT2D eigenvalue weighted by molar-refractivity contribution is -0.165. The number of rotatable bonds is 25. The maximum absolute atomic E-state index is 6.33. The molecule has 0 bridgehead atoms. The van der Waals surface area contributed by atoms with Crippen molar-refractivity contribution in [2.75, 3.05) is 37.9 Å². The maximum atomic E-state index is 6.33. The monoisotopic (exact) mass is 562 g/mol. The second kappa shape index (κ2) is 23.1. The molecule has 0 rings (SSSR count). The molecule has 0 fully saturated rings. The molecule has 0 aromatic rings. The summed E-state index contributed by atoms with van der Waals surface area (Å²) in [4.78, 5) is 0. The largest absolute Gasteiger partial charge is 0.354 e. The average molecular weight is 563 g/mol. The molecule has 0 N–H and O–H groups in total. The fraction of sp³-hybridized carbons (Fsp3) is 1.00. The van der Waals surface area contributed by atoms with Crippen LogP contribution in [-0.2, 0) is 18.9 Å². The summed E-state index contributed by atoms with van der Waals surface area (Å²) in [5.74, 6) is 1.84.